The van der Waals surface area contributed by atoms with Gasteiger partial charge in [0.05, 0.1) is 11.9 Å². The van der Waals surface area contributed by atoms with E-state index >= 15 is 0 Å². The minimum atomic E-state index is -3.38. The molecular formula is C21H28N2O4S. The van der Waals surface area contributed by atoms with Crippen molar-refractivity contribution in [2.75, 3.05) is 23.6 Å². The Morgan fingerprint density at radius 2 is 1.86 bits per heavy atom. The number of anilines is 1. The smallest absolute Gasteiger partial charge is 0.251 e. The maximum atomic E-state index is 12.3. The summed E-state index contributed by atoms with van der Waals surface area (Å²) in [5, 5.41) is 2.83. The predicted octanol–water partition coefficient (Wildman–Crippen LogP) is 3.74. The number of carbonyl (C=O) groups excluding carboxylic acids is 1. The first-order valence-corrected chi connectivity index (χ1v) is 11.1. The van der Waals surface area contributed by atoms with Crippen LogP contribution < -0.4 is 10.0 Å². The fourth-order valence-electron chi connectivity index (χ4n) is 2.68. The summed E-state index contributed by atoms with van der Waals surface area (Å²) in [4.78, 5) is 12.3. The maximum Gasteiger partial charge on any atom is 0.251 e. The minimum Gasteiger partial charge on any atom is -0.374 e. The molecule has 7 heteroatoms. The fraction of sp³-hybridized carbons (Fsp3) is 0.381. The van der Waals surface area contributed by atoms with Crippen LogP contribution in [0, 0.1) is 0 Å². The normalized spacial score (nSPS) is 12.4. The van der Waals surface area contributed by atoms with E-state index in [1.165, 1.54) is 6.07 Å². The third-order valence-electron chi connectivity index (χ3n) is 4.11. The molecule has 6 nitrogen and oxygen atoms in total. The molecule has 0 spiro atoms. The van der Waals surface area contributed by atoms with E-state index in [0.29, 0.717) is 37.2 Å². The molecular weight excluding hydrogens is 376 g/mol. The van der Waals surface area contributed by atoms with Crippen LogP contribution in [0.25, 0.3) is 0 Å². The van der Waals surface area contributed by atoms with Crippen molar-refractivity contribution in [2.24, 2.45) is 0 Å². The SMILES string of the molecule is CCCS(=O)(=O)Nc1cccc(C(=O)NCCCOC(C)c2ccccc2)c1. The third kappa shape index (κ3) is 7.32. The highest BCUT2D eigenvalue weighted by Gasteiger charge is 2.11. The zero-order chi connectivity index (χ0) is 20.4. The number of hydrogen-bond donors (Lipinski definition) is 2. The van der Waals surface area contributed by atoms with Crippen molar-refractivity contribution in [2.45, 2.75) is 32.8 Å². The molecule has 2 N–H and O–H groups in total. The van der Waals surface area contributed by atoms with Crippen molar-refractivity contribution in [1.82, 2.24) is 5.32 Å². The van der Waals surface area contributed by atoms with Crippen LogP contribution in [0.4, 0.5) is 5.69 Å². The second kappa shape index (κ2) is 10.8. The summed E-state index contributed by atoms with van der Waals surface area (Å²) < 4.78 is 32.0. The molecule has 28 heavy (non-hydrogen) atoms. The van der Waals surface area contributed by atoms with Gasteiger partial charge < -0.3 is 10.1 Å². The van der Waals surface area contributed by atoms with E-state index in [9.17, 15) is 13.2 Å². The van der Waals surface area contributed by atoms with Gasteiger partial charge in [-0.1, -0.05) is 43.3 Å². The molecule has 0 aliphatic heterocycles. The zero-order valence-corrected chi connectivity index (χ0v) is 17.2. The summed E-state index contributed by atoms with van der Waals surface area (Å²) in [5.74, 6) is -0.196. The molecule has 2 aromatic rings. The summed E-state index contributed by atoms with van der Waals surface area (Å²) in [6, 6.07) is 16.4. The predicted molar refractivity (Wildman–Crippen MR) is 112 cm³/mol. The molecule has 1 atom stereocenters. The number of carbonyl (C=O) groups is 1. The zero-order valence-electron chi connectivity index (χ0n) is 16.4. The molecule has 1 amide bonds. The molecule has 0 heterocycles. The number of amides is 1. The van der Waals surface area contributed by atoms with Gasteiger partial charge in [0, 0.05) is 24.4 Å². The van der Waals surface area contributed by atoms with Crippen LogP contribution in [0.2, 0.25) is 0 Å². The molecule has 0 aromatic heterocycles. The van der Waals surface area contributed by atoms with Crippen LogP contribution in [0.3, 0.4) is 0 Å². The van der Waals surface area contributed by atoms with Crippen LogP contribution in [0.15, 0.2) is 54.6 Å². The number of hydrogen-bond acceptors (Lipinski definition) is 4. The van der Waals surface area contributed by atoms with Crippen LogP contribution in [-0.4, -0.2) is 33.2 Å². The number of benzene rings is 2. The lowest BCUT2D eigenvalue weighted by molar-refractivity contribution is 0.0635. The lowest BCUT2D eigenvalue weighted by Crippen LogP contribution is -2.25. The van der Waals surface area contributed by atoms with Gasteiger partial charge in [0.15, 0.2) is 0 Å². The second-order valence-corrected chi connectivity index (χ2v) is 8.38. The van der Waals surface area contributed by atoms with Crippen molar-refractivity contribution in [3.05, 3.63) is 65.7 Å². The van der Waals surface area contributed by atoms with Crippen molar-refractivity contribution < 1.29 is 17.9 Å². The van der Waals surface area contributed by atoms with E-state index in [1.807, 2.05) is 37.3 Å². The highest BCUT2D eigenvalue weighted by atomic mass is 32.2. The Labute approximate surface area is 167 Å². The van der Waals surface area contributed by atoms with Gasteiger partial charge in [0.1, 0.15) is 0 Å². The first kappa shape index (κ1) is 21.9. The monoisotopic (exact) mass is 404 g/mol. The average molecular weight is 405 g/mol. The quantitative estimate of drug-likeness (QED) is 0.559. The van der Waals surface area contributed by atoms with Crippen molar-refractivity contribution in [3.8, 4) is 0 Å². The summed E-state index contributed by atoms with van der Waals surface area (Å²) >= 11 is 0. The molecule has 0 aliphatic carbocycles. The molecule has 152 valence electrons. The number of ether oxygens (including phenoxy) is 1. The van der Waals surface area contributed by atoms with Gasteiger partial charge in [-0.25, -0.2) is 8.42 Å². The van der Waals surface area contributed by atoms with Gasteiger partial charge in [0.2, 0.25) is 10.0 Å². The molecule has 1 unspecified atom stereocenters. The summed E-state index contributed by atoms with van der Waals surface area (Å²) in [7, 11) is -3.38. The first-order chi connectivity index (χ1) is 13.4. The molecule has 2 aromatic carbocycles. The summed E-state index contributed by atoms with van der Waals surface area (Å²) in [5.41, 5.74) is 1.92. The van der Waals surface area contributed by atoms with Gasteiger partial charge in [-0.2, -0.15) is 0 Å². The molecule has 0 saturated heterocycles. The molecule has 0 saturated carbocycles. The topological polar surface area (TPSA) is 84.5 Å². The lowest BCUT2D eigenvalue weighted by Gasteiger charge is -2.13. The highest BCUT2D eigenvalue weighted by Crippen LogP contribution is 2.16. The molecule has 2 rings (SSSR count). The van der Waals surface area contributed by atoms with Gasteiger partial charge in [-0.05, 0) is 43.5 Å². The van der Waals surface area contributed by atoms with E-state index in [-0.39, 0.29) is 17.8 Å². The Hall–Kier alpha value is -2.38. The highest BCUT2D eigenvalue weighted by molar-refractivity contribution is 7.92. The summed E-state index contributed by atoms with van der Waals surface area (Å²) in [6.45, 7) is 4.81. The Balaban J connectivity index is 1.76. The molecule has 0 aliphatic rings. The van der Waals surface area contributed by atoms with Gasteiger partial charge in [-0.15, -0.1) is 0 Å². The van der Waals surface area contributed by atoms with Crippen LogP contribution >= 0.6 is 0 Å². The average Bonchev–Trinajstić information content (AvgIpc) is 2.67. The third-order valence-corrected chi connectivity index (χ3v) is 5.61. The Bertz CT molecular complexity index is 854. The van der Waals surface area contributed by atoms with Crippen LogP contribution in [-0.2, 0) is 14.8 Å². The van der Waals surface area contributed by atoms with E-state index in [0.717, 1.165) is 5.56 Å². The van der Waals surface area contributed by atoms with Gasteiger partial charge >= 0.3 is 0 Å². The van der Waals surface area contributed by atoms with E-state index in [4.69, 9.17) is 4.74 Å². The van der Waals surface area contributed by atoms with Crippen molar-refractivity contribution in [1.29, 1.82) is 0 Å². The fourth-order valence-corrected chi connectivity index (χ4v) is 3.81. The van der Waals surface area contributed by atoms with E-state index in [2.05, 4.69) is 10.0 Å². The number of rotatable bonds is 11. The Morgan fingerprint density at radius 3 is 2.57 bits per heavy atom. The number of nitrogens with one attached hydrogen (secondary N) is 2. The number of sulfonamides is 1. The molecule has 0 fully saturated rings. The second-order valence-electron chi connectivity index (χ2n) is 6.53. The van der Waals surface area contributed by atoms with Crippen LogP contribution in [0.1, 0.15) is 48.7 Å². The van der Waals surface area contributed by atoms with E-state index in [1.54, 1.807) is 25.1 Å². The Morgan fingerprint density at radius 1 is 1.11 bits per heavy atom. The maximum absolute atomic E-state index is 12.3. The lowest BCUT2D eigenvalue weighted by atomic mass is 10.1. The first-order valence-electron chi connectivity index (χ1n) is 9.46. The largest absolute Gasteiger partial charge is 0.374 e. The van der Waals surface area contributed by atoms with Gasteiger partial charge in [0.25, 0.3) is 5.91 Å². The molecule has 0 radical (unpaired) electrons. The van der Waals surface area contributed by atoms with Gasteiger partial charge in [-0.3, -0.25) is 9.52 Å². The minimum absolute atomic E-state index is 0.00438. The molecule has 0 bridgehead atoms. The summed E-state index contributed by atoms with van der Waals surface area (Å²) in [6.07, 6.45) is 1.22. The Kier molecular flexibility index (Phi) is 8.47. The van der Waals surface area contributed by atoms with Crippen molar-refractivity contribution in [3.63, 3.8) is 0 Å². The van der Waals surface area contributed by atoms with E-state index < -0.39 is 10.0 Å². The standard InChI is InChI=1S/C21H28N2O4S/c1-3-15-28(25,26)23-20-12-7-11-19(16-20)21(24)22-13-8-14-27-17(2)18-9-5-4-6-10-18/h4-7,9-12,16-17,23H,3,8,13-15H2,1-2H3,(H,22,24). The van der Waals surface area contributed by atoms with Crippen LogP contribution in [0.5, 0.6) is 0 Å². The van der Waals surface area contributed by atoms with Crippen molar-refractivity contribution >= 4 is 21.6 Å².